The van der Waals surface area contributed by atoms with Crippen molar-refractivity contribution in [3.63, 3.8) is 0 Å². The van der Waals surface area contributed by atoms with Gasteiger partial charge in [-0.3, -0.25) is 0 Å². The topological polar surface area (TPSA) is 44.4 Å². The molecule has 1 atom stereocenters. The molecule has 0 saturated carbocycles. The first-order valence-corrected chi connectivity index (χ1v) is 6.60. The number of nitrogens with one attached hydrogen (secondary N) is 2. The van der Waals surface area contributed by atoms with Gasteiger partial charge in [-0.15, -0.1) is 12.4 Å². The number of benzene rings is 1. The second-order valence-corrected chi connectivity index (χ2v) is 5.21. The number of rotatable bonds is 1. The molecule has 1 aliphatic rings. The summed E-state index contributed by atoms with van der Waals surface area (Å²) >= 11 is 3.07. The summed E-state index contributed by atoms with van der Waals surface area (Å²) in [6.07, 6.45) is 0. The van der Waals surface area contributed by atoms with Crippen molar-refractivity contribution >= 4 is 40.1 Å². The highest BCUT2D eigenvalue weighted by atomic mass is 79.9. The first kappa shape index (κ1) is 16.2. The summed E-state index contributed by atoms with van der Waals surface area (Å²) in [5.41, 5.74) is 0.465. The van der Waals surface area contributed by atoms with Crippen LogP contribution in [0.4, 0.5) is 14.9 Å². The lowest BCUT2D eigenvalue weighted by Gasteiger charge is -2.31. The number of anilines is 1. The van der Waals surface area contributed by atoms with E-state index in [1.54, 1.807) is 17.0 Å². The lowest BCUT2D eigenvalue weighted by atomic mass is 10.2. The monoisotopic (exact) mass is 351 g/mol. The predicted molar refractivity (Wildman–Crippen MR) is 79.4 cm³/mol. The molecular weight excluding hydrogens is 337 g/mol. The van der Waals surface area contributed by atoms with Crippen molar-refractivity contribution in [3.8, 4) is 0 Å². The van der Waals surface area contributed by atoms with Gasteiger partial charge in [-0.2, -0.15) is 0 Å². The van der Waals surface area contributed by atoms with Crippen LogP contribution in [-0.4, -0.2) is 36.6 Å². The lowest BCUT2D eigenvalue weighted by molar-refractivity contribution is 0.192. The van der Waals surface area contributed by atoms with Gasteiger partial charge in [0.05, 0.1) is 4.47 Å². The third kappa shape index (κ3) is 4.33. The van der Waals surface area contributed by atoms with Crippen molar-refractivity contribution in [2.24, 2.45) is 0 Å². The van der Waals surface area contributed by atoms with Crippen molar-refractivity contribution in [2.75, 3.05) is 25.0 Å². The Bertz CT molecular complexity index is 461. The maximum Gasteiger partial charge on any atom is 0.321 e. The molecule has 1 saturated heterocycles. The smallest absolute Gasteiger partial charge is 0.321 e. The van der Waals surface area contributed by atoms with Gasteiger partial charge in [0.2, 0.25) is 0 Å². The average molecular weight is 353 g/mol. The molecule has 4 nitrogen and oxygen atoms in total. The second-order valence-electron chi connectivity index (χ2n) is 4.36. The van der Waals surface area contributed by atoms with E-state index in [0.29, 0.717) is 23.2 Å². The second kappa shape index (κ2) is 7.07. The third-order valence-corrected chi connectivity index (χ3v) is 3.47. The molecule has 0 bridgehead atoms. The number of hydrogen-bond acceptors (Lipinski definition) is 2. The molecule has 0 spiro atoms. The number of amides is 2. The molecule has 1 heterocycles. The van der Waals surface area contributed by atoms with Gasteiger partial charge in [0.25, 0.3) is 0 Å². The van der Waals surface area contributed by atoms with Crippen molar-refractivity contribution < 1.29 is 9.18 Å². The molecule has 1 aromatic carbocycles. The van der Waals surface area contributed by atoms with E-state index in [2.05, 4.69) is 26.6 Å². The molecule has 0 aromatic heterocycles. The summed E-state index contributed by atoms with van der Waals surface area (Å²) in [5, 5.41) is 5.96. The van der Waals surface area contributed by atoms with Gasteiger partial charge in [0.1, 0.15) is 5.82 Å². The van der Waals surface area contributed by atoms with Gasteiger partial charge in [0.15, 0.2) is 0 Å². The number of nitrogens with zero attached hydrogens (tertiary/aromatic N) is 1. The Morgan fingerprint density at radius 3 is 2.95 bits per heavy atom. The minimum absolute atomic E-state index is 0. The van der Waals surface area contributed by atoms with E-state index in [-0.39, 0.29) is 30.3 Å². The maximum absolute atomic E-state index is 13.3. The number of carbonyl (C=O) groups excluding carboxylic acids is 1. The Hall–Kier alpha value is -0.850. The summed E-state index contributed by atoms with van der Waals surface area (Å²) in [4.78, 5) is 13.7. The molecule has 2 N–H and O–H groups in total. The van der Waals surface area contributed by atoms with Crippen LogP contribution in [0.5, 0.6) is 0 Å². The van der Waals surface area contributed by atoms with Gasteiger partial charge in [-0.25, -0.2) is 9.18 Å². The summed E-state index contributed by atoms with van der Waals surface area (Å²) in [5.74, 6) is -0.388. The number of halogens is 3. The molecule has 1 aliphatic heterocycles. The van der Waals surface area contributed by atoms with E-state index in [0.717, 1.165) is 6.54 Å². The van der Waals surface area contributed by atoms with Gasteiger partial charge in [0, 0.05) is 31.4 Å². The van der Waals surface area contributed by atoms with E-state index in [9.17, 15) is 9.18 Å². The molecule has 106 valence electrons. The zero-order valence-electron chi connectivity index (χ0n) is 10.5. The van der Waals surface area contributed by atoms with Gasteiger partial charge in [-0.05, 0) is 41.1 Å². The lowest BCUT2D eigenvalue weighted by Crippen LogP contribution is -2.52. The highest BCUT2D eigenvalue weighted by Crippen LogP contribution is 2.19. The molecule has 2 amide bonds. The number of carbonyl (C=O) groups is 1. The van der Waals surface area contributed by atoms with E-state index in [1.165, 1.54) is 6.07 Å². The highest BCUT2D eigenvalue weighted by molar-refractivity contribution is 9.10. The molecule has 0 aliphatic carbocycles. The molecule has 1 fully saturated rings. The zero-order chi connectivity index (χ0) is 13.1. The largest absolute Gasteiger partial charge is 0.322 e. The van der Waals surface area contributed by atoms with Crippen molar-refractivity contribution in [1.82, 2.24) is 10.2 Å². The van der Waals surface area contributed by atoms with Crippen LogP contribution in [0.25, 0.3) is 0 Å². The van der Waals surface area contributed by atoms with Gasteiger partial charge >= 0.3 is 6.03 Å². The van der Waals surface area contributed by atoms with Crippen LogP contribution in [-0.2, 0) is 0 Å². The van der Waals surface area contributed by atoms with Crippen LogP contribution in [0.15, 0.2) is 22.7 Å². The van der Waals surface area contributed by atoms with Crippen LogP contribution >= 0.6 is 28.3 Å². The van der Waals surface area contributed by atoms with E-state index < -0.39 is 0 Å². The van der Waals surface area contributed by atoms with Crippen LogP contribution in [0.3, 0.4) is 0 Å². The summed E-state index contributed by atoms with van der Waals surface area (Å²) in [6.45, 7) is 4.13. The number of hydrogen-bond donors (Lipinski definition) is 2. The highest BCUT2D eigenvalue weighted by Gasteiger charge is 2.20. The van der Waals surface area contributed by atoms with E-state index in [1.807, 2.05) is 6.92 Å². The van der Waals surface area contributed by atoms with E-state index >= 15 is 0 Å². The Morgan fingerprint density at radius 1 is 1.58 bits per heavy atom. The third-order valence-electron chi connectivity index (χ3n) is 2.83. The molecule has 2 rings (SSSR count). The normalized spacial score (nSPS) is 18.7. The van der Waals surface area contributed by atoms with Gasteiger partial charge < -0.3 is 15.5 Å². The van der Waals surface area contributed by atoms with Crippen molar-refractivity contribution in [3.05, 3.63) is 28.5 Å². The maximum atomic E-state index is 13.3. The van der Waals surface area contributed by atoms with Crippen LogP contribution < -0.4 is 10.6 Å². The fourth-order valence-corrected chi connectivity index (χ4v) is 2.14. The standard InChI is InChI=1S/C12H15BrFN3O.ClH/c1-8-7-17(5-4-15-8)12(18)16-9-2-3-10(13)11(14)6-9;/h2-3,6,8,15H,4-5,7H2,1H3,(H,16,18);1H/t8-;/m1./s1. The number of urea groups is 1. The summed E-state index contributed by atoms with van der Waals surface area (Å²) in [6, 6.07) is 4.63. The van der Waals surface area contributed by atoms with Crippen LogP contribution in [0.1, 0.15) is 6.92 Å². The number of piperazine rings is 1. The minimum atomic E-state index is -0.388. The van der Waals surface area contributed by atoms with Gasteiger partial charge in [-0.1, -0.05) is 0 Å². The predicted octanol–water partition coefficient (Wildman–Crippen LogP) is 2.84. The van der Waals surface area contributed by atoms with Crippen molar-refractivity contribution in [2.45, 2.75) is 13.0 Å². The Kier molecular flexibility index (Phi) is 6.03. The Balaban J connectivity index is 0.00000180. The molecule has 7 heteroatoms. The van der Waals surface area contributed by atoms with Crippen LogP contribution in [0, 0.1) is 5.82 Å². The molecule has 19 heavy (non-hydrogen) atoms. The minimum Gasteiger partial charge on any atom is -0.322 e. The van der Waals surface area contributed by atoms with E-state index in [4.69, 9.17) is 0 Å². The molecule has 1 aromatic rings. The zero-order valence-corrected chi connectivity index (χ0v) is 12.9. The molecule has 0 unspecified atom stereocenters. The fraction of sp³-hybridized carbons (Fsp3) is 0.417. The SMILES string of the molecule is C[C@@H]1CN(C(=O)Nc2ccc(Br)c(F)c2)CCN1.Cl. The molecular formula is C12H16BrClFN3O. The Labute approximate surface area is 126 Å². The summed E-state index contributed by atoms with van der Waals surface area (Å²) < 4.78 is 13.7. The first-order chi connectivity index (χ1) is 8.56. The quantitative estimate of drug-likeness (QED) is 0.816. The first-order valence-electron chi connectivity index (χ1n) is 5.80. The van der Waals surface area contributed by atoms with Crippen molar-refractivity contribution in [1.29, 1.82) is 0 Å². The summed E-state index contributed by atoms with van der Waals surface area (Å²) in [7, 11) is 0. The molecule has 0 radical (unpaired) electrons. The fourth-order valence-electron chi connectivity index (χ4n) is 1.89. The average Bonchev–Trinajstić information content (AvgIpc) is 2.34. The Morgan fingerprint density at radius 2 is 2.32 bits per heavy atom. The van der Waals surface area contributed by atoms with Crippen LogP contribution in [0.2, 0.25) is 0 Å².